The van der Waals surface area contributed by atoms with Crippen LogP contribution in [-0.4, -0.2) is 53.8 Å². The van der Waals surface area contributed by atoms with Crippen LogP contribution in [0.15, 0.2) is 88.7 Å². The molecule has 38 heavy (non-hydrogen) atoms. The van der Waals surface area contributed by atoms with Crippen molar-refractivity contribution in [3.8, 4) is 5.75 Å². The number of nitrogens with one attached hydrogen (secondary N) is 1. The van der Waals surface area contributed by atoms with Crippen LogP contribution in [0.25, 0.3) is 0 Å². The van der Waals surface area contributed by atoms with Crippen LogP contribution in [-0.2, 0) is 24.8 Å². The van der Waals surface area contributed by atoms with Crippen molar-refractivity contribution in [2.24, 2.45) is 0 Å². The van der Waals surface area contributed by atoms with Crippen molar-refractivity contribution in [1.82, 2.24) is 4.31 Å². The first-order valence-corrected chi connectivity index (χ1v) is 15.2. The Morgan fingerprint density at radius 2 is 1.42 bits per heavy atom. The van der Waals surface area contributed by atoms with Gasteiger partial charge in [0.15, 0.2) is 0 Å². The summed E-state index contributed by atoms with van der Waals surface area (Å²) in [5, 5.41) is 2.68. The molecule has 0 unspecified atom stereocenters. The fourth-order valence-corrected chi connectivity index (χ4v) is 7.30. The summed E-state index contributed by atoms with van der Waals surface area (Å²) in [6.45, 7) is 0.469. The van der Waals surface area contributed by atoms with Crippen molar-refractivity contribution >= 4 is 37.3 Å². The highest BCUT2D eigenvalue weighted by Gasteiger charge is 2.29. The number of para-hydroxylation sites is 2. The van der Waals surface area contributed by atoms with Gasteiger partial charge >= 0.3 is 0 Å². The lowest BCUT2D eigenvalue weighted by Gasteiger charge is -2.25. The van der Waals surface area contributed by atoms with Crippen LogP contribution in [0.3, 0.4) is 0 Å². The van der Waals surface area contributed by atoms with Gasteiger partial charge in [-0.05, 0) is 61.4 Å². The van der Waals surface area contributed by atoms with E-state index in [1.165, 1.54) is 47.8 Å². The van der Waals surface area contributed by atoms with Gasteiger partial charge in [-0.25, -0.2) is 16.8 Å². The summed E-state index contributed by atoms with van der Waals surface area (Å²) in [7, 11) is -6.31. The van der Waals surface area contributed by atoms with E-state index in [1.807, 2.05) is 0 Å². The average molecular weight is 558 g/mol. The molecule has 1 aliphatic rings. The molecule has 0 aliphatic carbocycles. The summed E-state index contributed by atoms with van der Waals surface area (Å²) in [4.78, 5) is 13.2. The Kier molecular flexibility index (Phi) is 8.70. The first kappa shape index (κ1) is 27.6. The number of hydrogen-bond acceptors (Lipinski definition) is 6. The second-order valence-electron chi connectivity index (χ2n) is 8.89. The van der Waals surface area contributed by atoms with Crippen molar-refractivity contribution in [3.63, 3.8) is 0 Å². The number of ether oxygens (including phenoxy) is 1. The predicted molar refractivity (Wildman–Crippen MR) is 146 cm³/mol. The monoisotopic (exact) mass is 557 g/mol. The Morgan fingerprint density at radius 3 is 2.05 bits per heavy atom. The first-order valence-electron chi connectivity index (χ1n) is 12.3. The minimum atomic E-state index is -4.11. The molecule has 1 N–H and O–H groups in total. The normalized spacial score (nSPS) is 14.9. The maximum Gasteiger partial charge on any atom is 0.264 e. The molecule has 1 heterocycles. The van der Waals surface area contributed by atoms with E-state index in [0.717, 1.165) is 30.0 Å². The Labute approximate surface area is 224 Å². The van der Waals surface area contributed by atoms with Gasteiger partial charge in [0.2, 0.25) is 15.9 Å². The molecule has 3 aromatic rings. The van der Waals surface area contributed by atoms with Gasteiger partial charge in [-0.1, -0.05) is 43.2 Å². The minimum Gasteiger partial charge on any atom is -0.495 e. The Hall–Kier alpha value is -3.41. The number of nitrogens with zero attached hydrogens (tertiary/aromatic N) is 2. The quantitative estimate of drug-likeness (QED) is 0.424. The summed E-state index contributed by atoms with van der Waals surface area (Å²) in [5.74, 6) is -0.304. The van der Waals surface area contributed by atoms with E-state index in [2.05, 4.69) is 5.32 Å². The Morgan fingerprint density at radius 1 is 0.816 bits per heavy atom. The molecule has 1 amide bonds. The van der Waals surface area contributed by atoms with Gasteiger partial charge in [-0.2, -0.15) is 4.31 Å². The zero-order chi connectivity index (χ0) is 27.2. The molecule has 9 nitrogen and oxygen atoms in total. The van der Waals surface area contributed by atoms with Crippen LogP contribution in [0.1, 0.15) is 25.7 Å². The summed E-state index contributed by atoms with van der Waals surface area (Å²) in [6.07, 6.45) is 3.70. The van der Waals surface area contributed by atoms with Crippen LogP contribution in [0, 0.1) is 0 Å². The highest BCUT2D eigenvalue weighted by molar-refractivity contribution is 7.93. The fraction of sp³-hybridized carbons (Fsp3) is 0.296. The minimum absolute atomic E-state index is 0.0294. The van der Waals surface area contributed by atoms with Gasteiger partial charge in [-0.15, -0.1) is 0 Å². The first-order chi connectivity index (χ1) is 18.2. The Bertz CT molecular complexity index is 1450. The number of carbonyl (C=O) groups is 1. The number of sulfonamides is 2. The van der Waals surface area contributed by atoms with E-state index in [4.69, 9.17) is 4.74 Å². The van der Waals surface area contributed by atoms with Crippen molar-refractivity contribution < 1.29 is 26.4 Å². The maximum absolute atomic E-state index is 13.5. The molecular weight excluding hydrogens is 526 g/mol. The van der Waals surface area contributed by atoms with Gasteiger partial charge in [0.25, 0.3) is 10.0 Å². The molecule has 1 fully saturated rings. The third-order valence-electron chi connectivity index (χ3n) is 6.31. The molecule has 0 atom stereocenters. The lowest BCUT2D eigenvalue weighted by molar-refractivity contribution is -0.114. The van der Waals surface area contributed by atoms with E-state index in [9.17, 15) is 21.6 Å². The van der Waals surface area contributed by atoms with Gasteiger partial charge in [0.05, 0.1) is 22.6 Å². The van der Waals surface area contributed by atoms with Crippen molar-refractivity contribution in [2.75, 3.05) is 36.4 Å². The third kappa shape index (κ3) is 6.17. The molecule has 0 aromatic heterocycles. The number of methoxy groups -OCH3 is 1. The molecule has 0 bridgehead atoms. The summed E-state index contributed by atoms with van der Waals surface area (Å²) < 4.78 is 61.0. The number of benzene rings is 3. The van der Waals surface area contributed by atoms with E-state index in [1.54, 1.807) is 42.5 Å². The molecule has 11 heteroatoms. The summed E-state index contributed by atoms with van der Waals surface area (Å²) in [5.41, 5.74) is 0.565. The molecule has 202 valence electrons. The largest absolute Gasteiger partial charge is 0.495 e. The van der Waals surface area contributed by atoms with Crippen LogP contribution in [0.2, 0.25) is 0 Å². The average Bonchev–Trinajstić information content (AvgIpc) is 3.23. The topological polar surface area (TPSA) is 113 Å². The molecule has 0 saturated carbocycles. The van der Waals surface area contributed by atoms with Crippen LogP contribution >= 0.6 is 0 Å². The molecule has 3 aromatic carbocycles. The van der Waals surface area contributed by atoms with Gasteiger partial charge in [-0.3, -0.25) is 9.10 Å². The molecule has 0 spiro atoms. The predicted octanol–water partition coefficient (Wildman–Crippen LogP) is 4.09. The SMILES string of the molecule is COc1ccccc1N(CC(=O)Nc1ccc(S(=O)(=O)N2CCCCCC2)cc1)S(=O)(=O)c1ccccc1. The van der Waals surface area contributed by atoms with Gasteiger partial charge in [0, 0.05) is 18.8 Å². The standard InChI is InChI=1S/C27H31N3O6S2/c1-36-26-14-8-7-13-25(26)30(38(34,35)23-11-5-4-6-12-23)21-27(31)28-22-15-17-24(18-16-22)37(32,33)29-19-9-2-3-10-20-29/h4-8,11-18H,2-3,9-10,19-21H2,1H3,(H,28,31). The zero-order valence-electron chi connectivity index (χ0n) is 21.1. The van der Waals surface area contributed by atoms with Crippen molar-refractivity contribution in [2.45, 2.75) is 35.5 Å². The molecule has 0 radical (unpaired) electrons. The van der Waals surface area contributed by atoms with Crippen LogP contribution in [0.4, 0.5) is 11.4 Å². The number of hydrogen-bond donors (Lipinski definition) is 1. The van der Waals surface area contributed by atoms with E-state index in [0.29, 0.717) is 24.5 Å². The van der Waals surface area contributed by atoms with Crippen molar-refractivity contribution in [1.29, 1.82) is 0 Å². The van der Waals surface area contributed by atoms with Crippen LogP contribution < -0.4 is 14.4 Å². The number of amides is 1. The number of carbonyl (C=O) groups excluding carboxylic acids is 1. The molecule has 4 rings (SSSR count). The summed E-state index contributed by atoms with van der Waals surface area (Å²) in [6, 6.07) is 20.3. The smallest absolute Gasteiger partial charge is 0.264 e. The van der Waals surface area contributed by atoms with Crippen LogP contribution in [0.5, 0.6) is 5.75 Å². The maximum atomic E-state index is 13.5. The van der Waals surface area contributed by atoms with Gasteiger partial charge in [0.1, 0.15) is 12.3 Å². The Balaban J connectivity index is 1.55. The highest BCUT2D eigenvalue weighted by atomic mass is 32.2. The zero-order valence-corrected chi connectivity index (χ0v) is 22.7. The molecule has 1 saturated heterocycles. The highest BCUT2D eigenvalue weighted by Crippen LogP contribution is 2.32. The molecular formula is C27H31N3O6S2. The third-order valence-corrected chi connectivity index (χ3v) is 10.00. The lowest BCUT2D eigenvalue weighted by atomic mass is 10.2. The van der Waals surface area contributed by atoms with E-state index in [-0.39, 0.29) is 15.5 Å². The van der Waals surface area contributed by atoms with Gasteiger partial charge < -0.3 is 10.1 Å². The fourth-order valence-electron chi connectivity index (χ4n) is 4.33. The second kappa shape index (κ2) is 12.0. The lowest BCUT2D eigenvalue weighted by Crippen LogP contribution is -2.38. The number of rotatable bonds is 9. The summed E-state index contributed by atoms with van der Waals surface area (Å²) >= 11 is 0. The van der Waals surface area contributed by atoms with Crippen molar-refractivity contribution in [3.05, 3.63) is 78.9 Å². The second-order valence-corrected chi connectivity index (χ2v) is 12.7. The molecule has 1 aliphatic heterocycles. The van der Waals surface area contributed by atoms with E-state index < -0.39 is 32.5 Å². The van der Waals surface area contributed by atoms with E-state index >= 15 is 0 Å². The number of anilines is 2.